The first-order valence-corrected chi connectivity index (χ1v) is 11.6. The van der Waals surface area contributed by atoms with Gasteiger partial charge in [0.05, 0.1) is 11.3 Å². The van der Waals surface area contributed by atoms with Gasteiger partial charge in [-0.2, -0.15) is 0 Å². The Morgan fingerprint density at radius 1 is 0.939 bits per heavy atom. The Hall–Kier alpha value is -3.57. The van der Waals surface area contributed by atoms with E-state index >= 15 is 0 Å². The van der Waals surface area contributed by atoms with Gasteiger partial charge in [-0.1, -0.05) is 30.3 Å². The number of benzene rings is 2. The second kappa shape index (κ2) is 11.9. The molecule has 0 radical (unpaired) electrons. The van der Waals surface area contributed by atoms with Crippen LogP contribution < -0.4 is 15.8 Å². The Morgan fingerprint density at radius 2 is 1.58 bits per heavy atom. The van der Waals surface area contributed by atoms with Crippen molar-refractivity contribution in [2.24, 2.45) is 5.14 Å². The summed E-state index contributed by atoms with van der Waals surface area (Å²) in [5, 5.41) is 10.0. The van der Waals surface area contributed by atoms with Gasteiger partial charge < -0.3 is 15.4 Å². The summed E-state index contributed by atoms with van der Waals surface area (Å²) in [4.78, 5) is 47.8. The van der Waals surface area contributed by atoms with Crippen LogP contribution in [-0.4, -0.2) is 44.6 Å². The first-order valence-electron chi connectivity index (χ1n) is 10.0. The van der Waals surface area contributed by atoms with Crippen molar-refractivity contribution in [1.29, 1.82) is 0 Å². The Balaban J connectivity index is 1.68. The lowest BCUT2D eigenvalue weighted by Crippen LogP contribution is -2.32. The largest absolute Gasteiger partial charge is 0.452 e. The molecule has 0 bridgehead atoms. The molecule has 11 heteroatoms. The van der Waals surface area contributed by atoms with Gasteiger partial charge in [-0.15, -0.1) is 0 Å². The first-order chi connectivity index (χ1) is 15.6. The minimum Gasteiger partial charge on any atom is -0.452 e. The number of hydrogen-bond acceptors (Lipinski definition) is 7. The molecule has 1 atom stereocenters. The third-order valence-corrected chi connectivity index (χ3v) is 5.38. The molecule has 4 N–H and O–H groups in total. The van der Waals surface area contributed by atoms with E-state index in [4.69, 9.17) is 9.88 Å². The van der Waals surface area contributed by atoms with Crippen molar-refractivity contribution >= 4 is 39.3 Å². The molecule has 0 aliphatic rings. The molecule has 0 aromatic heterocycles. The van der Waals surface area contributed by atoms with Gasteiger partial charge in [0, 0.05) is 30.6 Å². The third-order valence-electron chi connectivity index (χ3n) is 4.45. The summed E-state index contributed by atoms with van der Waals surface area (Å²) in [6, 6.07) is 13.8. The van der Waals surface area contributed by atoms with E-state index in [2.05, 4.69) is 10.6 Å². The summed E-state index contributed by atoms with van der Waals surface area (Å²) in [6.07, 6.45) is -1.23. The maximum absolute atomic E-state index is 12.1. The zero-order valence-corrected chi connectivity index (χ0v) is 18.8. The molecule has 0 spiro atoms. The van der Waals surface area contributed by atoms with Crippen LogP contribution in [0.15, 0.2) is 59.5 Å². The number of hydrogen-bond donors (Lipinski definition) is 3. The van der Waals surface area contributed by atoms with Gasteiger partial charge in [0.25, 0.3) is 5.91 Å². The SMILES string of the molecule is C[C@@H](OC(=O)CCNC(=O)CCC(=O)c1ccccc1)C(=O)Nc1ccc(S(N)(=O)=O)cc1. The van der Waals surface area contributed by atoms with Crippen LogP contribution >= 0.6 is 0 Å². The van der Waals surface area contributed by atoms with Gasteiger partial charge in [0.15, 0.2) is 11.9 Å². The van der Waals surface area contributed by atoms with Crippen LogP contribution in [0.1, 0.15) is 36.5 Å². The van der Waals surface area contributed by atoms with E-state index in [1.807, 2.05) is 0 Å². The Kier molecular flexibility index (Phi) is 9.25. The van der Waals surface area contributed by atoms with E-state index in [0.29, 0.717) is 11.3 Å². The highest BCUT2D eigenvalue weighted by atomic mass is 32.2. The van der Waals surface area contributed by atoms with Crippen LogP contribution in [0.4, 0.5) is 5.69 Å². The molecular weight excluding hydrogens is 450 g/mol. The predicted molar refractivity (Wildman–Crippen MR) is 120 cm³/mol. The Morgan fingerprint density at radius 3 is 2.18 bits per heavy atom. The van der Waals surface area contributed by atoms with E-state index in [9.17, 15) is 27.6 Å². The minimum atomic E-state index is -3.84. The normalized spacial score (nSPS) is 11.8. The average Bonchev–Trinajstić information content (AvgIpc) is 2.77. The zero-order valence-electron chi connectivity index (χ0n) is 17.9. The van der Waals surface area contributed by atoms with Crippen LogP contribution in [0.3, 0.4) is 0 Å². The summed E-state index contributed by atoms with van der Waals surface area (Å²) in [6.45, 7) is 1.38. The Bertz CT molecular complexity index is 1100. The summed E-state index contributed by atoms with van der Waals surface area (Å²) >= 11 is 0. The van der Waals surface area contributed by atoms with Gasteiger partial charge in [-0.3, -0.25) is 19.2 Å². The number of amides is 2. The van der Waals surface area contributed by atoms with Gasteiger partial charge >= 0.3 is 5.97 Å². The fraction of sp³-hybridized carbons (Fsp3) is 0.273. The second-order valence-corrected chi connectivity index (χ2v) is 8.64. The van der Waals surface area contributed by atoms with E-state index in [1.54, 1.807) is 30.3 Å². The quantitative estimate of drug-likeness (QED) is 0.326. The summed E-state index contributed by atoms with van der Waals surface area (Å²) in [7, 11) is -3.84. The van der Waals surface area contributed by atoms with Crippen molar-refractivity contribution in [3.8, 4) is 0 Å². The maximum atomic E-state index is 12.1. The third kappa shape index (κ3) is 8.83. The summed E-state index contributed by atoms with van der Waals surface area (Å²) < 4.78 is 27.5. The fourth-order valence-electron chi connectivity index (χ4n) is 2.67. The number of carbonyl (C=O) groups is 4. The van der Waals surface area contributed by atoms with E-state index in [-0.39, 0.29) is 42.4 Å². The number of ether oxygens (including phenoxy) is 1. The van der Waals surface area contributed by atoms with Gasteiger partial charge in [-0.25, -0.2) is 13.6 Å². The summed E-state index contributed by atoms with van der Waals surface area (Å²) in [5.41, 5.74) is 0.828. The van der Waals surface area contributed by atoms with Crippen LogP contribution in [-0.2, 0) is 29.1 Å². The van der Waals surface area contributed by atoms with E-state index in [0.717, 1.165) is 0 Å². The van der Waals surface area contributed by atoms with Crippen LogP contribution in [0.2, 0.25) is 0 Å². The number of primary sulfonamides is 1. The van der Waals surface area contributed by atoms with Crippen molar-refractivity contribution in [2.45, 2.75) is 37.2 Å². The van der Waals surface area contributed by atoms with Crippen LogP contribution in [0.5, 0.6) is 0 Å². The van der Waals surface area contributed by atoms with Gasteiger partial charge in [0.2, 0.25) is 15.9 Å². The monoisotopic (exact) mass is 475 g/mol. The van der Waals surface area contributed by atoms with Gasteiger partial charge in [-0.05, 0) is 31.2 Å². The van der Waals surface area contributed by atoms with Crippen LogP contribution in [0.25, 0.3) is 0 Å². The van der Waals surface area contributed by atoms with Crippen molar-refractivity contribution < 1.29 is 32.3 Å². The number of esters is 1. The number of rotatable bonds is 11. The molecular formula is C22H25N3O7S. The molecule has 0 aliphatic heterocycles. The molecule has 2 amide bonds. The van der Waals surface area contributed by atoms with E-state index in [1.165, 1.54) is 31.2 Å². The molecule has 0 heterocycles. The lowest BCUT2D eigenvalue weighted by atomic mass is 10.1. The smallest absolute Gasteiger partial charge is 0.308 e. The van der Waals surface area contributed by atoms with Crippen molar-refractivity contribution in [3.05, 3.63) is 60.2 Å². The summed E-state index contributed by atoms with van der Waals surface area (Å²) in [5.74, 6) is -1.83. The fourth-order valence-corrected chi connectivity index (χ4v) is 3.18. The lowest BCUT2D eigenvalue weighted by Gasteiger charge is -2.14. The highest BCUT2D eigenvalue weighted by Crippen LogP contribution is 2.13. The van der Waals surface area contributed by atoms with Crippen molar-refractivity contribution in [2.75, 3.05) is 11.9 Å². The van der Waals surface area contributed by atoms with Gasteiger partial charge in [0.1, 0.15) is 0 Å². The topological polar surface area (TPSA) is 162 Å². The molecule has 0 saturated carbocycles. The van der Waals surface area contributed by atoms with Crippen molar-refractivity contribution in [3.63, 3.8) is 0 Å². The zero-order chi connectivity index (χ0) is 24.4. The number of ketones is 1. The predicted octanol–water partition coefficient (Wildman–Crippen LogP) is 1.37. The average molecular weight is 476 g/mol. The van der Waals surface area contributed by atoms with Crippen LogP contribution in [0, 0.1) is 0 Å². The molecule has 176 valence electrons. The number of carbonyl (C=O) groups excluding carboxylic acids is 4. The number of Topliss-reactive ketones (excluding diaryl/α,β-unsaturated/α-hetero) is 1. The number of nitrogens with one attached hydrogen (secondary N) is 2. The van der Waals surface area contributed by atoms with E-state index < -0.39 is 28.0 Å². The molecule has 2 aromatic carbocycles. The molecule has 33 heavy (non-hydrogen) atoms. The number of sulfonamides is 1. The Labute approximate surface area is 191 Å². The molecule has 0 fully saturated rings. The first kappa shape index (κ1) is 25.7. The standard InChI is InChI=1S/C22H25N3O7S/c1-15(22(29)25-17-7-9-18(10-8-17)33(23,30)31)32-21(28)13-14-24-20(27)12-11-19(26)16-5-3-2-4-6-16/h2-10,15H,11-14H2,1H3,(H,24,27)(H,25,29)(H2,23,30,31)/t15-/m1/s1. The molecule has 10 nitrogen and oxygen atoms in total. The number of anilines is 1. The molecule has 0 aliphatic carbocycles. The molecule has 0 unspecified atom stereocenters. The van der Waals surface area contributed by atoms with Crippen molar-refractivity contribution in [1.82, 2.24) is 5.32 Å². The molecule has 2 rings (SSSR count). The highest BCUT2D eigenvalue weighted by molar-refractivity contribution is 7.89. The minimum absolute atomic E-state index is 0.000553. The number of nitrogens with two attached hydrogens (primary N) is 1. The molecule has 2 aromatic rings. The maximum Gasteiger partial charge on any atom is 0.308 e. The second-order valence-electron chi connectivity index (χ2n) is 7.08. The highest BCUT2D eigenvalue weighted by Gasteiger charge is 2.18. The molecule has 0 saturated heterocycles. The lowest BCUT2D eigenvalue weighted by molar-refractivity contribution is -0.153.